The second-order valence-electron chi connectivity index (χ2n) is 5.78. The minimum absolute atomic E-state index is 0.00728. The Bertz CT molecular complexity index is 500. The van der Waals surface area contributed by atoms with Crippen molar-refractivity contribution in [3.63, 3.8) is 0 Å². The summed E-state index contributed by atoms with van der Waals surface area (Å²) in [6.07, 6.45) is 2.21. The van der Waals surface area contributed by atoms with Crippen LogP contribution in [-0.4, -0.2) is 32.5 Å². The van der Waals surface area contributed by atoms with E-state index in [-0.39, 0.29) is 5.60 Å². The normalized spacial score (nSPS) is 32.0. The highest BCUT2D eigenvalue weighted by Gasteiger charge is 2.61. The van der Waals surface area contributed by atoms with Crippen molar-refractivity contribution in [3.05, 3.63) is 21.9 Å². The summed E-state index contributed by atoms with van der Waals surface area (Å²) in [4.78, 5) is 1.22. The number of hydrogen-bond acceptors (Lipinski definition) is 5. The summed E-state index contributed by atoms with van der Waals surface area (Å²) in [5, 5.41) is 14.2. The molecular weight excluding hydrogens is 260 g/mol. The van der Waals surface area contributed by atoms with Gasteiger partial charge in [-0.1, -0.05) is 0 Å². The van der Waals surface area contributed by atoms with E-state index in [1.807, 2.05) is 11.4 Å². The van der Waals surface area contributed by atoms with Crippen LogP contribution in [0.15, 0.2) is 11.4 Å². The predicted octanol–water partition coefficient (Wildman–Crippen LogP) is 1.90. The maximum absolute atomic E-state index is 8.78. The number of rotatable bonds is 6. The lowest BCUT2D eigenvalue weighted by Crippen LogP contribution is -2.51. The van der Waals surface area contributed by atoms with Gasteiger partial charge in [0.05, 0.1) is 24.4 Å². The molecule has 0 unspecified atom stereocenters. The molecule has 2 aliphatic heterocycles. The first-order chi connectivity index (χ1) is 9.19. The number of fused-ring (bicyclic) bond motifs is 1. The Balaban J connectivity index is 1.46. The van der Waals surface area contributed by atoms with Crippen molar-refractivity contribution in [2.45, 2.75) is 25.0 Å². The van der Waals surface area contributed by atoms with E-state index in [2.05, 4.69) is 11.4 Å². The maximum atomic E-state index is 8.78. The Kier molecular flexibility index (Phi) is 3.35. The van der Waals surface area contributed by atoms with E-state index in [1.54, 1.807) is 18.4 Å². The van der Waals surface area contributed by atoms with Gasteiger partial charge in [0.1, 0.15) is 6.07 Å². The first kappa shape index (κ1) is 13.1. The van der Waals surface area contributed by atoms with Crippen LogP contribution < -0.4 is 5.32 Å². The molecule has 0 radical (unpaired) electrons. The molecule has 4 rings (SSSR count). The number of methoxy groups -OCH3 is 1. The summed E-state index contributed by atoms with van der Waals surface area (Å²) in [5.74, 6) is 0. The quantitative estimate of drug-likeness (QED) is 0.863. The fourth-order valence-electron chi connectivity index (χ4n) is 3.39. The summed E-state index contributed by atoms with van der Waals surface area (Å²) in [5.41, 5.74) is 1.08. The zero-order valence-electron chi connectivity index (χ0n) is 11.1. The van der Waals surface area contributed by atoms with Gasteiger partial charge < -0.3 is 14.8 Å². The van der Waals surface area contributed by atoms with Gasteiger partial charge in [0.15, 0.2) is 0 Å². The van der Waals surface area contributed by atoms with Crippen molar-refractivity contribution in [1.82, 2.24) is 5.32 Å². The maximum Gasteiger partial charge on any atom is 0.100 e. The van der Waals surface area contributed by atoms with Crippen molar-refractivity contribution in [1.29, 1.82) is 5.26 Å². The fourth-order valence-corrected chi connectivity index (χ4v) is 4.17. The highest BCUT2D eigenvalue weighted by Crippen LogP contribution is 2.57. The molecule has 4 nitrogen and oxygen atoms in total. The van der Waals surface area contributed by atoms with Crippen molar-refractivity contribution in [3.8, 4) is 6.07 Å². The molecule has 0 amide bonds. The van der Waals surface area contributed by atoms with Gasteiger partial charge in [-0.25, -0.2) is 0 Å². The number of thiophene rings is 1. The lowest BCUT2D eigenvalue weighted by atomic mass is 9.62. The number of nitriles is 1. The second kappa shape index (κ2) is 4.88. The Hall–Kier alpha value is -0.930. The molecular formula is C14H18N2O2S. The number of nitrogens with one attached hydrogen (secondary N) is 1. The SMILES string of the molecule is COCC12CC(CNCc3cc(C#N)cs3)(CO1)C2. The third-order valence-electron chi connectivity index (χ3n) is 4.07. The molecule has 0 aromatic carbocycles. The van der Waals surface area contributed by atoms with Crippen molar-refractivity contribution in [2.24, 2.45) is 5.41 Å². The number of hydrogen-bond donors (Lipinski definition) is 1. The molecule has 1 N–H and O–H groups in total. The molecule has 1 aromatic heterocycles. The molecule has 1 aliphatic carbocycles. The first-order valence-electron chi connectivity index (χ1n) is 6.50. The first-order valence-corrected chi connectivity index (χ1v) is 7.38. The van der Waals surface area contributed by atoms with E-state index >= 15 is 0 Å². The zero-order chi connectivity index (χ0) is 13.3. The molecule has 1 saturated carbocycles. The molecule has 19 heavy (non-hydrogen) atoms. The molecule has 5 heteroatoms. The molecule has 102 valence electrons. The standard InChI is InChI=1S/C14H18N2O2S/c1-17-10-14-6-13(7-14,9-18-14)8-16-4-12-2-11(3-15)5-19-12/h2,5,16H,4,6-10H2,1H3. The van der Waals surface area contributed by atoms with Gasteiger partial charge in [-0.3, -0.25) is 0 Å². The summed E-state index contributed by atoms with van der Waals surface area (Å²) in [7, 11) is 1.73. The second-order valence-corrected chi connectivity index (χ2v) is 6.77. The molecule has 2 saturated heterocycles. The molecule has 3 fully saturated rings. The van der Waals surface area contributed by atoms with E-state index in [0.29, 0.717) is 12.0 Å². The van der Waals surface area contributed by atoms with Crippen LogP contribution in [0.1, 0.15) is 23.3 Å². The number of nitrogens with zero attached hydrogens (tertiary/aromatic N) is 1. The average molecular weight is 278 g/mol. The van der Waals surface area contributed by atoms with E-state index in [1.165, 1.54) is 4.88 Å². The minimum Gasteiger partial charge on any atom is -0.382 e. The Morgan fingerprint density at radius 2 is 2.42 bits per heavy atom. The van der Waals surface area contributed by atoms with Crippen LogP contribution in [0.3, 0.4) is 0 Å². The average Bonchev–Trinajstić information content (AvgIpc) is 3.03. The summed E-state index contributed by atoms with van der Waals surface area (Å²) in [6, 6.07) is 4.12. The van der Waals surface area contributed by atoms with Gasteiger partial charge in [-0.15, -0.1) is 11.3 Å². The van der Waals surface area contributed by atoms with Crippen molar-refractivity contribution < 1.29 is 9.47 Å². The molecule has 1 aromatic rings. The van der Waals surface area contributed by atoms with Gasteiger partial charge in [0, 0.05) is 35.9 Å². The predicted molar refractivity (Wildman–Crippen MR) is 73.0 cm³/mol. The van der Waals surface area contributed by atoms with Crippen LogP contribution in [-0.2, 0) is 16.0 Å². The molecule has 3 heterocycles. The Morgan fingerprint density at radius 1 is 1.58 bits per heavy atom. The highest BCUT2D eigenvalue weighted by atomic mass is 32.1. The minimum atomic E-state index is 0.00728. The molecule has 2 bridgehead atoms. The zero-order valence-corrected chi connectivity index (χ0v) is 11.9. The molecule has 0 atom stereocenters. The van der Waals surface area contributed by atoms with Gasteiger partial charge >= 0.3 is 0 Å². The number of ether oxygens (including phenoxy) is 2. The van der Waals surface area contributed by atoms with Crippen LogP contribution in [0.2, 0.25) is 0 Å². The summed E-state index contributed by atoms with van der Waals surface area (Å²) >= 11 is 1.64. The van der Waals surface area contributed by atoms with Crippen LogP contribution >= 0.6 is 11.3 Å². The van der Waals surface area contributed by atoms with Gasteiger partial charge in [0.25, 0.3) is 0 Å². The Morgan fingerprint density at radius 3 is 3.11 bits per heavy atom. The Labute approximate surface area is 117 Å². The summed E-state index contributed by atoms with van der Waals surface area (Å²) < 4.78 is 11.1. The van der Waals surface area contributed by atoms with E-state index in [4.69, 9.17) is 14.7 Å². The lowest BCUT2D eigenvalue weighted by Gasteiger charge is -2.44. The smallest absolute Gasteiger partial charge is 0.100 e. The van der Waals surface area contributed by atoms with E-state index < -0.39 is 0 Å². The lowest BCUT2D eigenvalue weighted by molar-refractivity contribution is -0.0701. The van der Waals surface area contributed by atoms with Crippen LogP contribution in [0.25, 0.3) is 0 Å². The van der Waals surface area contributed by atoms with E-state index in [0.717, 1.165) is 38.1 Å². The van der Waals surface area contributed by atoms with Crippen molar-refractivity contribution in [2.75, 3.05) is 26.9 Å². The third kappa shape index (κ3) is 2.41. The van der Waals surface area contributed by atoms with Gasteiger partial charge in [-0.05, 0) is 18.9 Å². The molecule has 0 spiro atoms. The third-order valence-corrected chi connectivity index (χ3v) is 5.01. The van der Waals surface area contributed by atoms with Crippen LogP contribution in [0, 0.1) is 16.7 Å². The van der Waals surface area contributed by atoms with Gasteiger partial charge in [0.2, 0.25) is 0 Å². The molecule has 3 aliphatic rings. The van der Waals surface area contributed by atoms with Crippen molar-refractivity contribution >= 4 is 11.3 Å². The van der Waals surface area contributed by atoms with Gasteiger partial charge in [-0.2, -0.15) is 5.26 Å². The fraction of sp³-hybridized carbons (Fsp3) is 0.643. The van der Waals surface area contributed by atoms with Crippen LogP contribution in [0.4, 0.5) is 0 Å². The highest BCUT2D eigenvalue weighted by molar-refractivity contribution is 7.10. The topological polar surface area (TPSA) is 54.3 Å². The largest absolute Gasteiger partial charge is 0.382 e. The monoisotopic (exact) mass is 278 g/mol. The summed E-state index contributed by atoms with van der Waals surface area (Å²) in [6.45, 7) is 3.38. The van der Waals surface area contributed by atoms with E-state index in [9.17, 15) is 0 Å². The van der Waals surface area contributed by atoms with Crippen LogP contribution in [0.5, 0.6) is 0 Å².